The zero-order valence-corrected chi connectivity index (χ0v) is 10.9. The quantitative estimate of drug-likeness (QED) is 0.765. The van der Waals surface area contributed by atoms with Gasteiger partial charge < -0.3 is 10.6 Å². The maximum atomic E-state index is 11.2. The molecular formula is C10H15N3O2S2. The van der Waals surface area contributed by atoms with Gasteiger partial charge in [0, 0.05) is 30.3 Å². The van der Waals surface area contributed by atoms with Crippen LogP contribution in [0.15, 0.2) is 23.1 Å². The van der Waals surface area contributed by atoms with E-state index in [9.17, 15) is 8.42 Å². The van der Waals surface area contributed by atoms with Gasteiger partial charge in [-0.2, -0.15) is 11.8 Å². The Morgan fingerprint density at radius 3 is 2.41 bits per heavy atom. The van der Waals surface area contributed by atoms with E-state index in [4.69, 9.17) is 10.9 Å². The minimum atomic E-state index is -3.73. The lowest BCUT2D eigenvalue weighted by Crippen LogP contribution is -2.32. The molecule has 0 amide bonds. The van der Waals surface area contributed by atoms with Crippen LogP contribution in [0, 0.1) is 0 Å². The van der Waals surface area contributed by atoms with Crippen molar-refractivity contribution in [3.63, 3.8) is 0 Å². The van der Waals surface area contributed by atoms with Crippen LogP contribution in [0.2, 0.25) is 0 Å². The fraction of sp³-hybridized carbons (Fsp3) is 0.400. The molecule has 1 saturated heterocycles. The topological polar surface area (TPSA) is 89.4 Å². The van der Waals surface area contributed by atoms with Crippen LogP contribution in [-0.4, -0.2) is 33.0 Å². The Bertz CT molecular complexity index is 510. The molecule has 1 heterocycles. The number of sulfonamides is 1. The van der Waals surface area contributed by atoms with Crippen LogP contribution in [0.5, 0.6) is 0 Å². The molecule has 0 radical (unpaired) electrons. The van der Waals surface area contributed by atoms with Crippen LogP contribution in [-0.2, 0) is 10.0 Å². The van der Waals surface area contributed by atoms with E-state index in [1.807, 2.05) is 11.8 Å². The van der Waals surface area contributed by atoms with E-state index < -0.39 is 10.0 Å². The summed E-state index contributed by atoms with van der Waals surface area (Å²) in [4.78, 5) is 2.19. The molecule has 94 valence electrons. The molecule has 0 bridgehead atoms. The summed E-state index contributed by atoms with van der Waals surface area (Å²) in [6.07, 6.45) is 0. The van der Waals surface area contributed by atoms with Crippen molar-refractivity contribution >= 4 is 33.2 Å². The Labute approximate surface area is 105 Å². The summed E-state index contributed by atoms with van der Waals surface area (Å²) in [5, 5.41) is 5.06. The van der Waals surface area contributed by atoms with E-state index in [-0.39, 0.29) is 10.6 Å². The number of nitrogens with two attached hydrogens (primary N) is 2. The van der Waals surface area contributed by atoms with E-state index in [0.717, 1.165) is 30.3 Å². The molecule has 0 saturated carbocycles. The summed E-state index contributed by atoms with van der Waals surface area (Å²) in [5.41, 5.74) is 6.89. The van der Waals surface area contributed by atoms with Crippen molar-refractivity contribution in [1.82, 2.24) is 0 Å². The van der Waals surface area contributed by atoms with Crippen LogP contribution in [0.1, 0.15) is 0 Å². The van der Waals surface area contributed by atoms with Gasteiger partial charge in [-0.1, -0.05) is 0 Å². The highest BCUT2D eigenvalue weighted by Crippen LogP contribution is 2.25. The number of nitrogens with zero attached hydrogens (tertiary/aromatic N) is 1. The average molecular weight is 273 g/mol. The maximum absolute atomic E-state index is 11.2. The van der Waals surface area contributed by atoms with Gasteiger partial charge in [0.05, 0.1) is 5.69 Å². The maximum Gasteiger partial charge on any atom is 0.240 e. The molecule has 0 aliphatic carbocycles. The zero-order valence-electron chi connectivity index (χ0n) is 9.30. The third kappa shape index (κ3) is 2.85. The fourth-order valence-electron chi connectivity index (χ4n) is 1.81. The number of nitrogen functional groups attached to an aromatic ring is 1. The molecule has 1 fully saturated rings. The monoisotopic (exact) mass is 273 g/mol. The highest BCUT2D eigenvalue weighted by atomic mass is 32.2. The number of primary sulfonamides is 1. The number of benzene rings is 1. The van der Waals surface area contributed by atoms with Gasteiger partial charge >= 0.3 is 0 Å². The third-order valence-corrected chi connectivity index (χ3v) is 4.60. The molecule has 5 nitrogen and oxygen atoms in total. The van der Waals surface area contributed by atoms with Crippen molar-refractivity contribution in [1.29, 1.82) is 0 Å². The van der Waals surface area contributed by atoms with E-state index in [2.05, 4.69) is 4.90 Å². The molecular weight excluding hydrogens is 258 g/mol. The highest BCUT2D eigenvalue weighted by molar-refractivity contribution is 7.99. The summed E-state index contributed by atoms with van der Waals surface area (Å²) in [6.45, 7) is 1.91. The van der Waals surface area contributed by atoms with Gasteiger partial charge in [0.25, 0.3) is 0 Å². The van der Waals surface area contributed by atoms with Gasteiger partial charge in [0.15, 0.2) is 0 Å². The van der Waals surface area contributed by atoms with Crippen molar-refractivity contribution < 1.29 is 8.42 Å². The second kappa shape index (κ2) is 4.75. The molecule has 0 aromatic heterocycles. The van der Waals surface area contributed by atoms with Crippen LogP contribution in [0.3, 0.4) is 0 Å². The lowest BCUT2D eigenvalue weighted by molar-refractivity contribution is 0.598. The lowest BCUT2D eigenvalue weighted by Gasteiger charge is -2.28. The molecule has 17 heavy (non-hydrogen) atoms. The van der Waals surface area contributed by atoms with E-state index in [1.165, 1.54) is 6.07 Å². The summed E-state index contributed by atoms with van der Waals surface area (Å²) in [5.74, 6) is 2.16. The Balaban J connectivity index is 2.30. The third-order valence-electron chi connectivity index (χ3n) is 2.68. The van der Waals surface area contributed by atoms with Gasteiger partial charge in [-0.3, -0.25) is 0 Å². The van der Waals surface area contributed by atoms with E-state index in [0.29, 0.717) is 0 Å². The van der Waals surface area contributed by atoms with E-state index in [1.54, 1.807) is 12.1 Å². The summed E-state index contributed by atoms with van der Waals surface area (Å²) >= 11 is 1.92. The number of anilines is 2. The molecule has 0 atom stereocenters. The predicted octanol–water partition coefficient (Wildman–Crippen LogP) is 0.469. The molecule has 7 heteroatoms. The molecule has 0 unspecified atom stereocenters. The van der Waals surface area contributed by atoms with Gasteiger partial charge in [-0.25, -0.2) is 13.6 Å². The van der Waals surface area contributed by atoms with Crippen LogP contribution in [0.4, 0.5) is 11.4 Å². The van der Waals surface area contributed by atoms with Gasteiger partial charge in [0.1, 0.15) is 4.90 Å². The largest absolute Gasteiger partial charge is 0.398 e. The molecule has 0 spiro atoms. The van der Waals surface area contributed by atoms with E-state index >= 15 is 0 Å². The molecule has 2 rings (SSSR count). The van der Waals surface area contributed by atoms with Crippen LogP contribution < -0.4 is 15.8 Å². The molecule has 1 aromatic carbocycles. The van der Waals surface area contributed by atoms with Gasteiger partial charge in [0.2, 0.25) is 10.0 Å². The molecule has 1 aromatic rings. The number of thioether (sulfide) groups is 1. The van der Waals surface area contributed by atoms with Crippen molar-refractivity contribution in [2.45, 2.75) is 4.90 Å². The Hall–Kier alpha value is -0.920. The standard InChI is InChI=1S/C10H15N3O2S2/c11-9-7-8(13-3-5-16-6-4-13)1-2-10(9)17(12,14)15/h1-2,7H,3-6,11H2,(H2,12,14,15). The SMILES string of the molecule is Nc1cc(N2CCSCC2)ccc1S(N)(=O)=O. The number of hydrogen-bond acceptors (Lipinski definition) is 5. The number of hydrogen-bond donors (Lipinski definition) is 2. The first-order chi connectivity index (χ1) is 7.98. The first-order valence-electron chi connectivity index (χ1n) is 5.23. The summed E-state index contributed by atoms with van der Waals surface area (Å²) in [6, 6.07) is 4.91. The second-order valence-corrected chi connectivity index (χ2v) is 6.62. The minimum Gasteiger partial charge on any atom is -0.398 e. The highest BCUT2D eigenvalue weighted by Gasteiger charge is 2.16. The molecule has 1 aliphatic heterocycles. The average Bonchev–Trinajstić information content (AvgIpc) is 2.28. The lowest BCUT2D eigenvalue weighted by atomic mass is 10.2. The minimum absolute atomic E-state index is 0.00682. The zero-order chi connectivity index (χ0) is 12.5. The smallest absolute Gasteiger partial charge is 0.240 e. The number of rotatable bonds is 2. The first kappa shape index (κ1) is 12.5. The fourth-order valence-corrected chi connectivity index (χ4v) is 3.36. The van der Waals surface area contributed by atoms with Gasteiger partial charge in [-0.15, -0.1) is 0 Å². The Morgan fingerprint density at radius 1 is 1.24 bits per heavy atom. The normalized spacial score (nSPS) is 17.1. The van der Waals surface area contributed by atoms with Crippen molar-refractivity contribution in [2.24, 2.45) is 5.14 Å². The summed E-state index contributed by atoms with van der Waals surface area (Å²) in [7, 11) is -3.73. The van der Waals surface area contributed by atoms with Crippen LogP contribution in [0.25, 0.3) is 0 Å². The second-order valence-electron chi connectivity index (χ2n) is 3.87. The van der Waals surface area contributed by atoms with Crippen molar-refractivity contribution in [3.8, 4) is 0 Å². The predicted molar refractivity (Wildman–Crippen MR) is 71.8 cm³/mol. The van der Waals surface area contributed by atoms with Crippen molar-refractivity contribution in [2.75, 3.05) is 35.2 Å². The Kier molecular flexibility index (Phi) is 3.50. The molecule has 4 N–H and O–H groups in total. The first-order valence-corrected chi connectivity index (χ1v) is 7.93. The van der Waals surface area contributed by atoms with Gasteiger partial charge in [-0.05, 0) is 18.2 Å². The van der Waals surface area contributed by atoms with Crippen molar-refractivity contribution in [3.05, 3.63) is 18.2 Å². The molecule has 1 aliphatic rings. The van der Waals surface area contributed by atoms with Crippen LogP contribution >= 0.6 is 11.8 Å². The summed E-state index contributed by atoms with van der Waals surface area (Å²) < 4.78 is 22.4. The Morgan fingerprint density at radius 2 is 1.88 bits per heavy atom.